The molecule has 1 aliphatic heterocycles. The topological polar surface area (TPSA) is 66.5 Å². The van der Waals surface area contributed by atoms with Gasteiger partial charge in [-0.3, -0.25) is 4.79 Å². The monoisotopic (exact) mass is 276 g/mol. The van der Waals surface area contributed by atoms with Crippen molar-refractivity contribution >= 4 is 16.0 Å². The molecule has 1 rings (SSSR count). The maximum Gasteiger partial charge on any atom is 0.279 e. The second-order valence-electron chi connectivity index (χ2n) is 4.92. The van der Waals surface area contributed by atoms with Crippen LogP contribution in [0.2, 0.25) is 0 Å². The van der Waals surface area contributed by atoms with E-state index in [-0.39, 0.29) is 11.8 Å². The Kier molecular flexibility index (Phi) is 6.25. The van der Waals surface area contributed by atoms with E-state index in [0.717, 1.165) is 32.1 Å². The van der Waals surface area contributed by atoms with Crippen LogP contribution in [0.15, 0.2) is 0 Å². The molecule has 1 N–H and O–H groups in total. The number of ketones is 1. The first-order valence-electron chi connectivity index (χ1n) is 6.73. The number of hydrogen-bond donors (Lipinski definition) is 1. The first-order chi connectivity index (χ1) is 8.47. The van der Waals surface area contributed by atoms with Crippen LogP contribution >= 0.6 is 0 Å². The molecule has 1 atom stereocenters. The highest BCUT2D eigenvalue weighted by Crippen LogP contribution is 2.21. The third-order valence-electron chi connectivity index (χ3n) is 3.19. The van der Waals surface area contributed by atoms with Gasteiger partial charge in [-0.05, 0) is 26.2 Å². The van der Waals surface area contributed by atoms with E-state index in [9.17, 15) is 13.2 Å². The molecule has 0 bridgehead atoms. The highest BCUT2D eigenvalue weighted by molar-refractivity contribution is 7.87. The molecule has 0 aromatic heterocycles. The van der Waals surface area contributed by atoms with Gasteiger partial charge in [0.05, 0.1) is 0 Å². The van der Waals surface area contributed by atoms with Crippen molar-refractivity contribution in [2.75, 3.05) is 13.1 Å². The van der Waals surface area contributed by atoms with Crippen molar-refractivity contribution in [3.8, 4) is 0 Å². The van der Waals surface area contributed by atoms with E-state index in [1.807, 2.05) is 6.92 Å². The highest BCUT2D eigenvalue weighted by atomic mass is 32.2. The molecule has 0 radical (unpaired) electrons. The molecule has 1 aliphatic rings. The minimum Gasteiger partial charge on any atom is -0.300 e. The third kappa shape index (κ3) is 4.66. The predicted molar refractivity (Wildman–Crippen MR) is 71.5 cm³/mol. The zero-order valence-corrected chi connectivity index (χ0v) is 12.1. The maximum absolute atomic E-state index is 12.2. The van der Waals surface area contributed by atoms with Gasteiger partial charge >= 0.3 is 0 Å². The van der Waals surface area contributed by atoms with E-state index in [1.54, 1.807) is 0 Å². The second kappa shape index (κ2) is 7.21. The van der Waals surface area contributed by atoms with Crippen molar-refractivity contribution in [2.45, 2.75) is 58.4 Å². The molecule has 0 aliphatic carbocycles. The summed E-state index contributed by atoms with van der Waals surface area (Å²) < 4.78 is 28.5. The van der Waals surface area contributed by atoms with Gasteiger partial charge < -0.3 is 0 Å². The molecule has 18 heavy (non-hydrogen) atoms. The summed E-state index contributed by atoms with van der Waals surface area (Å²) in [5.74, 6) is 0.0533. The standard InChI is InChI=1S/C12H24N2O3S/c1-3-8-13-18(16,17)14-9-6-4-5-7-12(14)10-11(2)15/h12-13H,3-10H2,1-2H3. The molecule has 1 heterocycles. The summed E-state index contributed by atoms with van der Waals surface area (Å²) in [5, 5.41) is 0. The molecule has 0 aromatic carbocycles. The number of carbonyl (C=O) groups excluding carboxylic acids is 1. The van der Waals surface area contributed by atoms with E-state index in [2.05, 4.69) is 4.72 Å². The lowest BCUT2D eigenvalue weighted by Crippen LogP contribution is -2.47. The van der Waals surface area contributed by atoms with Crippen LogP contribution in [0.1, 0.15) is 52.4 Å². The van der Waals surface area contributed by atoms with Crippen molar-refractivity contribution in [1.29, 1.82) is 0 Å². The Morgan fingerprint density at radius 3 is 2.67 bits per heavy atom. The van der Waals surface area contributed by atoms with E-state index >= 15 is 0 Å². The summed E-state index contributed by atoms with van der Waals surface area (Å²) in [6, 6.07) is -0.167. The smallest absolute Gasteiger partial charge is 0.279 e. The fourth-order valence-corrected chi connectivity index (χ4v) is 3.89. The normalized spacial score (nSPS) is 22.7. The SMILES string of the molecule is CCCNS(=O)(=O)N1CCCCCC1CC(C)=O. The fraction of sp³-hybridized carbons (Fsp3) is 0.917. The average Bonchev–Trinajstić information content (AvgIpc) is 2.51. The van der Waals surface area contributed by atoms with Crippen molar-refractivity contribution in [1.82, 2.24) is 9.03 Å². The second-order valence-corrected chi connectivity index (χ2v) is 6.63. The molecule has 1 saturated heterocycles. The van der Waals surface area contributed by atoms with E-state index < -0.39 is 10.2 Å². The minimum atomic E-state index is -3.43. The van der Waals surface area contributed by atoms with Gasteiger partial charge in [-0.1, -0.05) is 19.8 Å². The average molecular weight is 276 g/mol. The van der Waals surface area contributed by atoms with Crippen molar-refractivity contribution in [3.05, 3.63) is 0 Å². The van der Waals surface area contributed by atoms with Gasteiger partial charge in [0.1, 0.15) is 5.78 Å². The summed E-state index contributed by atoms with van der Waals surface area (Å²) in [5.41, 5.74) is 0. The van der Waals surface area contributed by atoms with Gasteiger partial charge in [0.15, 0.2) is 0 Å². The minimum absolute atomic E-state index is 0.0533. The molecule has 1 unspecified atom stereocenters. The van der Waals surface area contributed by atoms with Gasteiger partial charge in [0.2, 0.25) is 0 Å². The van der Waals surface area contributed by atoms with Crippen LogP contribution < -0.4 is 4.72 Å². The molecule has 0 amide bonds. The molecule has 6 heteroatoms. The molecule has 106 valence electrons. The Hall–Kier alpha value is -0.460. The summed E-state index contributed by atoms with van der Waals surface area (Å²) in [6.45, 7) is 4.43. The lowest BCUT2D eigenvalue weighted by molar-refractivity contribution is -0.117. The Balaban J connectivity index is 2.80. The van der Waals surface area contributed by atoms with Crippen LogP contribution in [0.25, 0.3) is 0 Å². The Morgan fingerprint density at radius 1 is 1.33 bits per heavy atom. The van der Waals surface area contributed by atoms with Crippen LogP contribution in [0.5, 0.6) is 0 Å². The maximum atomic E-state index is 12.2. The lowest BCUT2D eigenvalue weighted by Gasteiger charge is -2.28. The molecule has 0 aromatic rings. The Morgan fingerprint density at radius 2 is 2.06 bits per heavy atom. The van der Waals surface area contributed by atoms with Crippen molar-refractivity contribution in [2.24, 2.45) is 0 Å². The van der Waals surface area contributed by atoms with Gasteiger partial charge in [-0.15, -0.1) is 0 Å². The van der Waals surface area contributed by atoms with Gasteiger partial charge in [-0.25, -0.2) is 4.72 Å². The summed E-state index contributed by atoms with van der Waals surface area (Å²) in [4.78, 5) is 11.3. The first-order valence-corrected chi connectivity index (χ1v) is 8.17. The van der Waals surface area contributed by atoms with Crippen LogP contribution in [0, 0.1) is 0 Å². The summed E-state index contributed by atoms with van der Waals surface area (Å²) in [7, 11) is -3.43. The lowest BCUT2D eigenvalue weighted by atomic mass is 10.1. The Labute approximate surface area is 110 Å². The van der Waals surface area contributed by atoms with E-state index in [4.69, 9.17) is 0 Å². The zero-order valence-electron chi connectivity index (χ0n) is 11.3. The van der Waals surface area contributed by atoms with Crippen LogP contribution in [0.3, 0.4) is 0 Å². The molecule has 1 fully saturated rings. The highest BCUT2D eigenvalue weighted by Gasteiger charge is 2.31. The zero-order chi connectivity index (χ0) is 13.6. The van der Waals surface area contributed by atoms with E-state index in [1.165, 1.54) is 11.2 Å². The van der Waals surface area contributed by atoms with Gasteiger partial charge in [0, 0.05) is 25.6 Å². The Bertz CT molecular complexity index is 368. The summed E-state index contributed by atoms with van der Waals surface area (Å²) in [6.07, 6.45) is 4.79. The third-order valence-corrected chi connectivity index (χ3v) is 4.86. The predicted octanol–water partition coefficient (Wildman–Crippen LogP) is 1.45. The quantitative estimate of drug-likeness (QED) is 0.798. The number of Topliss-reactive ketones (excluding diaryl/α,β-unsaturated/α-hetero) is 1. The summed E-state index contributed by atoms with van der Waals surface area (Å²) >= 11 is 0. The fourth-order valence-electron chi connectivity index (χ4n) is 2.32. The van der Waals surface area contributed by atoms with Gasteiger partial charge in [-0.2, -0.15) is 12.7 Å². The molecule has 5 nitrogen and oxygen atoms in total. The van der Waals surface area contributed by atoms with Crippen molar-refractivity contribution in [3.63, 3.8) is 0 Å². The van der Waals surface area contributed by atoms with Gasteiger partial charge in [0.25, 0.3) is 10.2 Å². The number of nitrogens with one attached hydrogen (secondary N) is 1. The molecular weight excluding hydrogens is 252 g/mol. The molecule has 0 spiro atoms. The molecular formula is C12H24N2O3S. The first kappa shape index (κ1) is 15.6. The van der Waals surface area contributed by atoms with Crippen molar-refractivity contribution < 1.29 is 13.2 Å². The number of hydrogen-bond acceptors (Lipinski definition) is 3. The molecule has 0 saturated carbocycles. The van der Waals surface area contributed by atoms with Crippen LogP contribution in [-0.4, -0.2) is 37.6 Å². The van der Waals surface area contributed by atoms with Crippen LogP contribution in [0.4, 0.5) is 0 Å². The number of carbonyl (C=O) groups is 1. The number of rotatable bonds is 6. The van der Waals surface area contributed by atoms with Crippen LogP contribution in [-0.2, 0) is 15.0 Å². The number of nitrogens with zero attached hydrogens (tertiary/aromatic N) is 1. The largest absolute Gasteiger partial charge is 0.300 e. The van der Waals surface area contributed by atoms with E-state index in [0.29, 0.717) is 19.5 Å².